The van der Waals surface area contributed by atoms with Crippen molar-refractivity contribution in [1.82, 2.24) is 0 Å². The van der Waals surface area contributed by atoms with E-state index in [0.29, 0.717) is 5.92 Å². The highest BCUT2D eigenvalue weighted by molar-refractivity contribution is 5.36. The second kappa shape index (κ2) is 16.7. The summed E-state index contributed by atoms with van der Waals surface area (Å²) in [4.78, 5) is 0. The number of unbranched alkanes of at least 4 members (excludes halogenated alkanes) is 3. The van der Waals surface area contributed by atoms with Gasteiger partial charge in [-0.2, -0.15) is 13.3 Å². The summed E-state index contributed by atoms with van der Waals surface area (Å²) in [6.45, 7) is 15.8. The standard InChI is InChI=1S/C31H55O3/c1-8-10-12-20-31(7,33)21-14-17-24(3)15-13-16-25(4)18-19-28-23-29(32)26(5)27(6)30(28)34-22-11-9-2/h8,17,23,25,29-30,32-33H,9-16,18-22H2,1-7H3/q-1/b24-17+. The van der Waals surface area contributed by atoms with Crippen molar-refractivity contribution in [1.29, 1.82) is 0 Å². The summed E-state index contributed by atoms with van der Waals surface area (Å²) in [6.07, 6.45) is 18.9. The third-order valence-electron chi connectivity index (χ3n) is 7.53. The lowest BCUT2D eigenvalue weighted by molar-refractivity contribution is 0.0409. The largest absolute Gasteiger partial charge is 0.390 e. The summed E-state index contributed by atoms with van der Waals surface area (Å²) < 4.78 is 6.24. The molecule has 0 aliphatic heterocycles. The zero-order valence-corrected chi connectivity index (χ0v) is 23.5. The number of rotatable bonds is 18. The van der Waals surface area contributed by atoms with Gasteiger partial charge in [-0.15, -0.1) is 0 Å². The second-order valence-electron chi connectivity index (χ2n) is 11.1. The quantitative estimate of drug-likeness (QED) is 0.119. The molecule has 0 heterocycles. The van der Waals surface area contributed by atoms with Crippen molar-refractivity contribution in [2.45, 2.75) is 143 Å². The number of aliphatic hydroxyl groups excluding tert-OH is 1. The van der Waals surface area contributed by atoms with E-state index in [1.165, 1.54) is 29.6 Å². The molecule has 3 nitrogen and oxygen atoms in total. The van der Waals surface area contributed by atoms with Crippen LogP contribution in [0.15, 0.2) is 34.4 Å². The van der Waals surface area contributed by atoms with Crippen molar-refractivity contribution < 1.29 is 14.9 Å². The van der Waals surface area contributed by atoms with E-state index in [9.17, 15) is 10.2 Å². The summed E-state index contributed by atoms with van der Waals surface area (Å²) >= 11 is 0. The van der Waals surface area contributed by atoms with E-state index >= 15 is 0 Å². The van der Waals surface area contributed by atoms with Gasteiger partial charge in [0, 0.05) is 6.61 Å². The molecule has 0 spiro atoms. The molecule has 34 heavy (non-hydrogen) atoms. The molecule has 0 saturated heterocycles. The first-order chi connectivity index (χ1) is 16.1. The molecule has 0 aromatic heterocycles. The van der Waals surface area contributed by atoms with Gasteiger partial charge >= 0.3 is 0 Å². The van der Waals surface area contributed by atoms with Crippen LogP contribution < -0.4 is 0 Å². The smallest absolute Gasteiger partial charge is 0.0997 e. The second-order valence-corrected chi connectivity index (χ2v) is 11.1. The van der Waals surface area contributed by atoms with Crippen LogP contribution in [0.25, 0.3) is 0 Å². The number of hydrogen-bond donors (Lipinski definition) is 2. The van der Waals surface area contributed by atoms with Crippen LogP contribution in [-0.4, -0.2) is 34.6 Å². The maximum Gasteiger partial charge on any atom is 0.0997 e. The van der Waals surface area contributed by atoms with Crippen LogP contribution in [0.3, 0.4) is 0 Å². The predicted molar refractivity (Wildman–Crippen MR) is 147 cm³/mol. The number of aliphatic hydroxyl groups is 2. The Labute approximate surface area is 211 Å². The van der Waals surface area contributed by atoms with E-state index in [1.54, 1.807) is 0 Å². The molecule has 0 aromatic rings. The van der Waals surface area contributed by atoms with Crippen molar-refractivity contribution in [2.75, 3.05) is 6.61 Å². The molecule has 4 atom stereocenters. The maximum atomic E-state index is 10.5. The van der Waals surface area contributed by atoms with E-state index in [2.05, 4.69) is 47.1 Å². The van der Waals surface area contributed by atoms with Gasteiger partial charge in [0.15, 0.2) is 0 Å². The Morgan fingerprint density at radius 3 is 2.59 bits per heavy atom. The molecule has 1 aliphatic carbocycles. The van der Waals surface area contributed by atoms with Crippen LogP contribution in [0.1, 0.15) is 126 Å². The molecule has 3 heteroatoms. The monoisotopic (exact) mass is 475 g/mol. The van der Waals surface area contributed by atoms with Crippen molar-refractivity contribution >= 4 is 0 Å². The highest BCUT2D eigenvalue weighted by Gasteiger charge is 2.26. The fraction of sp³-hybridized carbons (Fsp3) is 0.774. The Morgan fingerprint density at radius 2 is 1.91 bits per heavy atom. The summed E-state index contributed by atoms with van der Waals surface area (Å²) in [7, 11) is 0. The van der Waals surface area contributed by atoms with Gasteiger partial charge in [0.05, 0.1) is 17.8 Å². The summed E-state index contributed by atoms with van der Waals surface area (Å²) in [6, 6.07) is 0. The average molecular weight is 476 g/mol. The third-order valence-corrected chi connectivity index (χ3v) is 7.53. The fourth-order valence-electron chi connectivity index (χ4n) is 4.76. The lowest BCUT2D eigenvalue weighted by atomic mass is 9.85. The van der Waals surface area contributed by atoms with Crippen LogP contribution in [0, 0.1) is 12.3 Å². The molecule has 198 valence electrons. The molecule has 1 aliphatic rings. The van der Waals surface area contributed by atoms with Crippen LogP contribution >= 0.6 is 0 Å². The van der Waals surface area contributed by atoms with Gasteiger partial charge in [0.2, 0.25) is 0 Å². The SMILES string of the molecule is C[CH-]CCCC(C)(O)CC/C=C(\C)CCCC(C)CCC1=CC(O)C(C)=C(C)C1OCCCC. The summed E-state index contributed by atoms with van der Waals surface area (Å²) in [5.41, 5.74) is 4.40. The summed E-state index contributed by atoms with van der Waals surface area (Å²) in [5.74, 6) is 0.658. The van der Waals surface area contributed by atoms with Crippen LogP contribution in [0.5, 0.6) is 0 Å². The average Bonchev–Trinajstić information content (AvgIpc) is 2.78. The Morgan fingerprint density at radius 1 is 1.18 bits per heavy atom. The molecule has 2 N–H and O–H groups in total. The molecular formula is C31H55O3-. The Kier molecular flexibility index (Phi) is 15.3. The lowest BCUT2D eigenvalue weighted by Crippen LogP contribution is -2.27. The molecule has 0 saturated carbocycles. The molecule has 0 amide bonds. The Hall–Kier alpha value is -0.900. The van der Waals surface area contributed by atoms with Gasteiger partial charge < -0.3 is 21.4 Å². The van der Waals surface area contributed by atoms with Gasteiger partial charge in [-0.25, -0.2) is 0 Å². The molecule has 4 unspecified atom stereocenters. The van der Waals surface area contributed by atoms with Gasteiger partial charge in [0.25, 0.3) is 0 Å². The van der Waals surface area contributed by atoms with Crippen molar-refractivity contribution in [3.8, 4) is 0 Å². The van der Waals surface area contributed by atoms with Crippen LogP contribution in [-0.2, 0) is 4.74 Å². The van der Waals surface area contributed by atoms with Crippen LogP contribution in [0.4, 0.5) is 0 Å². The van der Waals surface area contributed by atoms with Crippen molar-refractivity contribution in [2.24, 2.45) is 5.92 Å². The van der Waals surface area contributed by atoms with E-state index in [4.69, 9.17) is 4.74 Å². The molecule has 0 aromatic carbocycles. The normalized spacial score (nSPS) is 22.0. The fourth-order valence-corrected chi connectivity index (χ4v) is 4.76. The zero-order chi connectivity index (χ0) is 25.6. The number of allylic oxidation sites excluding steroid dienone is 2. The first-order valence-corrected chi connectivity index (χ1v) is 13.9. The highest BCUT2D eigenvalue weighted by atomic mass is 16.5. The van der Waals surface area contributed by atoms with E-state index in [1.807, 2.05) is 19.9 Å². The van der Waals surface area contributed by atoms with Gasteiger partial charge in [-0.1, -0.05) is 44.8 Å². The zero-order valence-electron chi connectivity index (χ0n) is 23.5. The molecule has 1 rings (SSSR count). The molecule has 0 bridgehead atoms. The minimum absolute atomic E-state index is 0.0460. The molecular weight excluding hydrogens is 420 g/mol. The molecule has 0 radical (unpaired) electrons. The Bertz CT molecular complexity index is 656. The van der Waals surface area contributed by atoms with Gasteiger partial charge in [-0.3, -0.25) is 0 Å². The lowest BCUT2D eigenvalue weighted by Gasteiger charge is -2.30. The molecule has 0 fully saturated rings. The van der Waals surface area contributed by atoms with E-state index < -0.39 is 11.7 Å². The highest BCUT2D eigenvalue weighted by Crippen LogP contribution is 2.32. The van der Waals surface area contributed by atoms with Crippen molar-refractivity contribution in [3.05, 3.63) is 40.9 Å². The number of ether oxygens (including phenoxy) is 1. The minimum atomic E-state index is -0.542. The maximum absolute atomic E-state index is 10.5. The summed E-state index contributed by atoms with van der Waals surface area (Å²) in [5, 5.41) is 21.0. The number of hydrogen-bond acceptors (Lipinski definition) is 3. The Balaban J connectivity index is 2.39. The van der Waals surface area contributed by atoms with E-state index in [-0.39, 0.29) is 6.10 Å². The first kappa shape index (κ1) is 31.1. The van der Waals surface area contributed by atoms with Gasteiger partial charge in [0.1, 0.15) is 0 Å². The minimum Gasteiger partial charge on any atom is -0.390 e. The van der Waals surface area contributed by atoms with Crippen LogP contribution in [0.2, 0.25) is 0 Å². The van der Waals surface area contributed by atoms with E-state index in [0.717, 1.165) is 76.4 Å². The van der Waals surface area contributed by atoms with Crippen molar-refractivity contribution in [3.63, 3.8) is 0 Å². The predicted octanol–water partition coefficient (Wildman–Crippen LogP) is 8.27. The van der Waals surface area contributed by atoms with Gasteiger partial charge in [-0.05, 0) is 108 Å². The topological polar surface area (TPSA) is 49.7 Å². The third kappa shape index (κ3) is 12.2. The first-order valence-electron chi connectivity index (χ1n) is 13.9.